The Hall–Kier alpha value is -3.26. The molecule has 1 aromatic heterocycles. The van der Waals surface area contributed by atoms with Crippen molar-refractivity contribution in [3.63, 3.8) is 0 Å². The van der Waals surface area contributed by atoms with Gasteiger partial charge in [-0.05, 0) is 49.1 Å². The first-order chi connectivity index (χ1) is 16.4. The van der Waals surface area contributed by atoms with Gasteiger partial charge in [0.1, 0.15) is 6.54 Å². The number of fused-ring (bicyclic) bond motifs is 1. The maximum Gasteiger partial charge on any atom is 0.337 e. The Morgan fingerprint density at radius 3 is 2.47 bits per heavy atom. The molecule has 7 nitrogen and oxygen atoms in total. The van der Waals surface area contributed by atoms with Crippen LogP contribution in [0.1, 0.15) is 30.1 Å². The number of esters is 1. The van der Waals surface area contributed by atoms with Crippen LogP contribution in [0.5, 0.6) is 0 Å². The number of methoxy groups -OCH3 is 1. The second-order valence-corrected chi connectivity index (χ2v) is 9.62. The predicted molar refractivity (Wildman–Crippen MR) is 134 cm³/mol. The summed E-state index contributed by atoms with van der Waals surface area (Å²) in [6.07, 6.45) is 4.08. The number of thioether (sulfide) groups is 1. The van der Waals surface area contributed by atoms with Crippen molar-refractivity contribution in [2.24, 2.45) is 5.92 Å². The number of hydrogen-bond donors (Lipinski definition) is 1. The van der Waals surface area contributed by atoms with Gasteiger partial charge in [0.25, 0.3) is 0 Å². The van der Waals surface area contributed by atoms with Crippen molar-refractivity contribution in [1.29, 1.82) is 0 Å². The molecule has 1 aliphatic rings. The van der Waals surface area contributed by atoms with Gasteiger partial charge >= 0.3 is 5.97 Å². The minimum absolute atomic E-state index is 0.136. The lowest BCUT2D eigenvalue weighted by Crippen LogP contribution is -2.39. The molecule has 34 heavy (non-hydrogen) atoms. The Balaban J connectivity index is 1.40. The zero-order valence-corrected chi connectivity index (χ0v) is 20.3. The number of benzene rings is 2. The number of nitrogens with zero attached hydrogens (tertiary/aromatic N) is 2. The van der Waals surface area contributed by atoms with Crippen LogP contribution in [0.2, 0.25) is 0 Å². The van der Waals surface area contributed by atoms with Crippen LogP contribution in [0, 0.1) is 5.92 Å². The number of para-hydroxylation sites is 1. The molecular weight excluding hydrogens is 450 g/mol. The summed E-state index contributed by atoms with van der Waals surface area (Å²) in [6, 6.07) is 14.5. The smallest absolute Gasteiger partial charge is 0.337 e. The SMILES string of the molecule is COC(=O)c1ccc(NC(=O)CSc2cn(CC(=O)N3CCC(C)CC3)c3ccccc23)cc1. The first-order valence-electron chi connectivity index (χ1n) is 11.4. The fourth-order valence-electron chi connectivity index (χ4n) is 4.11. The zero-order valence-electron chi connectivity index (χ0n) is 19.5. The lowest BCUT2D eigenvalue weighted by molar-refractivity contribution is -0.133. The number of anilines is 1. The van der Waals surface area contributed by atoms with E-state index >= 15 is 0 Å². The topological polar surface area (TPSA) is 80.6 Å². The minimum Gasteiger partial charge on any atom is -0.465 e. The van der Waals surface area contributed by atoms with Gasteiger partial charge in [-0.25, -0.2) is 4.79 Å². The van der Waals surface area contributed by atoms with Crippen LogP contribution in [-0.2, 0) is 20.9 Å². The van der Waals surface area contributed by atoms with Crippen molar-refractivity contribution < 1.29 is 19.1 Å². The highest BCUT2D eigenvalue weighted by Gasteiger charge is 2.21. The molecule has 1 N–H and O–H groups in total. The van der Waals surface area contributed by atoms with Crippen molar-refractivity contribution in [3.05, 3.63) is 60.3 Å². The molecule has 2 aromatic carbocycles. The number of rotatable bonds is 7. The number of carbonyl (C=O) groups excluding carboxylic acids is 3. The fourth-order valence-corrected chi connectivity index (χ4v) is 5.00. The van der Waals surface area contributed by atoms with Gasteiger partial charge in [-0.2, -0.15) is 0 Å². The van der Waals surface area contributed by atoms with E-state index in [0.29, 0.717) is 23.7 Å². The van der Waals surface area contributed by atoms with Crippen LogP contribution in [0.4, 0.5) is 5.69 Å². The largest absolute Gasteiger partial charge is 0.465 e. The number of piperidine rings is 1. The molecule has 1 saturated heterocycles. The van der Waals surface area contributed by atoms with Crippen molar-refractivity contribution in [1.82, 2.24) is 9.47 Å². The number of aromatic nitrogens is 1. The normalized spacial score (nSPS) is 14.2. The second kappa shape index (κ2) is 10.8. The monoisotopic (exact) mass is 479 g/mol. The predicted octanol–water partition coefficient (Wildman–Crippen LogP) is 4.42. The molecule has 1 fully saturated rings. The minimum atomic E-state index is -0.418. The van der Waals surface area contributed by atoms with Gasteiger partial charge in [0, 0.05) is 40.8 Å². The lowest BCUT2D eigenvalue weighted by atomic mass is 9.99. The molecule has 8 heteroatoms. The highest BCUT2D eigenvalue weighted by molar-refractivity contribution is 8.00. The number of nitrogens with one attached hydrogen (secondary N) is 1. The molecule has 1 aliphatic heterocycles. The van der Waals surface area contributed by atoms with Gasteiger partial charge in [-0.3, -0.25) is 9.59 Å². The van der Waals surface area contributed by atoms with E-state index in [2.05, 4.69) is 17.0 Å². The molecule has 0 spiro atoms. The van der Waals surface area contributed by atoms with E-state index in [1.54, 1.807) is 24.3 Å². The first-order valence-corrected chi connectivity index (χ1v) is 12.4. The van der Waals surface area contributed by atoms with E-state index in [0.717, 1.165) is 41.7 Å². The Morgan fingerprint density at radius 2 is 1.76 bits per heavy atom. The highest BCUT2D eigenvalue weighted by Crippen LogP contribution is 2.30. The zero-order chi connectivity index (χ0) is 24.1. The molecule has 3 aromatic rings. The molecule has 0 saturated carbocycles. The maximum absolute atomic E-state index is 12.9. The third-order valence-electron chi connectivity index (χ3n) is 6.14. The van der Waals surface area contributed by atoms with Crippen LogP contribution in [0.15, 0.2) is 59.6 Å². The van der Waals surface area contributed by atoms with E-state index in [1.165, 1.54) is 18.9 Å². The number of hydrogen-bond acceptors (Lipinski definition) is 5. The van der Waals surface area contributed by atoms with E-state index in [4.69, 9.17) is 0 Å². The van der Waals surface area contributed by atoms with Crippen LogP contribution in [0.3, 0.4) is 0 Å². The quantitative estimate of drug-likeness (QED) is 0.401. The van der Waals surface area contributed by atoms with E-state index < -0.39 is 5.97 Å². The molecular formula is C26H29N3O4S. The molecule has 178 valence electrons. The summed E-state index contributed by atoms with van der Waals surface area (Å²) < 4.78 is 6.68. The van der Waals surface area contributed by atoms with Gasteiger partial charge in [0.2, 0.25) is 11.8 Å². The molecule has 0 atom stereocenters. The summed E-state index contributed by atoms with van der Waals surface area (Å²) in [5.41, 5.74) is 2.03. The van der Waals surface area contributed by atoms with Crippen LogP contribution < -0.4 is 5.32 Å². The maximum atomic E-state index is 12.9. The average Bonchev–Trinajstić information content (AvgIpc) is 3.20. The Kier molecular flexibility index (Phi) is 7.57. The van der Waals surface area contributed by atoms with Gasteiger partial charge in [-0.1, -0.05) is 25.1 Å². The van der Waals surface area contributed by atoms with Crippen LogP contribution >= 0.6 is 11.8 Å². The van der Waals surface area contributed by atoms with Crippen molar-refractivity contribution in [3.8, 4) is 0 Å². The summed E-state index contributed by atoms with van der Waals surface area (Å²) in [4.78, 5) is 39.9. The van der Waals surface area contributed by atoms with E-state index in [9.17, 15) is 14.4 Å². The van der Waals surface area contributed by atoms with Gasteiger partial charge in [0.15, 0.2) is 0 Å². The Bertz CT molecular complexity index is 1180. The Morgan fingerprint density at radius 1 is 1.06 bits per heavy atom. The van der Waals surface area contributed by atoms with Crippen molar-refractivity contribution in [2.45, 2.75) is 31.2 Å². The van der Waals surface area contributed by atoms with Gasteiger partial charge < -0.3 is 19.5 Å². The number of carbonyl (C=O) groups is 3. The number of likely N-dealkylation sites (tertiary alicyclic amines) is 1. The van der Waals surface area contributed by atoms with Crippen LogP contribution in [-0.4, -0.2) is 53.2 Å². The van der Waals surface area contributed by atoms with Crippen molar-refractivity contribution >= 4 is 46.1 Å². The first kappa shape index (κ1) is 23.9. The highest BCUT2D eigenvalue weighted by atomic mass is 32.2. The summed E-state index contributed by atoms with van der Waals surface area (Å²) in [7, 11) is 1.33. The van der Waals surface area contributed by atoms with E-state index in [1.807, 2.05) is 39.9 Å². The number of amides is 2. The summed E-state index contributed by atoms with van der Waals surface area (Å²) in [5, 5.41) is 3.88. The lowest BCUT2D eigenvalue weighted by Gasteiger charge is -2.30. The van der Waals surface area contributed by atoms with Crippen LogP contribution in [0.25, 0.3) is 10.9 Å². The molecule has 2 heterocycles. The average molecular weight is 480 g/mol. The molecule has 0 radical (unpaired) electrons. The summed E-state index contributed by atoms with van der Waals surface area (Å²) in [6.45, 7) is 4.18. The molecule has 4 rings (SSSR count). The molecule has 2 amide bonds. The van der Waals surface area contributed by atoms with Gasteiger partial charge in [0.05, 0.1) is 18.4 Å². The summed E-state index contributed by atoms with van der Waals surface area (Å²) >= 11 is 1.44. The standard InChI is InChI=1S/C26H29N3O4S/c1-18-11-13-28(14-12-18)25(31)16-29-15-23(21-5-3-4-6-22(21)29)34-17-24(30)27-20-9-7-19(8-10-20)26(32)33-2/h3-10,15,18H,11-14,16-17H2,1-2H3,(H,27,30). The van der Waals surface area contributed by atoms with E-state index in [-0.39, 0.29) is 17.6 Å². The Labute approximate surface area is 203 Å². The molecule has 0 aliphatic carbocycles. The summed E-state index contributed by atoms with van der Waals surface area (Å²) in [5.74, 6) is 0.475. The third kappa shape index (κ3) is 5.62. The molecule has 0 unspecified atom stereocenters. The van der Waals surface area contributed by atoms with Crippen molar-refractivity contribution in [2.75, 3.05) is 31.3 Å². The van der Waals surface area contributed by atoms with Gasteiger partial charge in [-0.15, -0.1) is 11.8 Å². The number of ether oxygens (including phenoxy) is 1. The fraction of sp³-hybridized carbons (Fsp3) is 0.346. The third-order valence-corrected chi connectivity index (χ3v) is 7.19. The molecule has 0 bridgehead atoms. The second-order valence-electron chi connectivity index (χ2n) is 8.61.